The number of hydrogen-bond donors (Lipinski definition) is 3. The molecule has 7 rings (SSSR count). The number of hydrogen-bond acceptors (Lipinski definition) is 16. The summed E-state index contributed by atoms with van der Waals surface area (Å²) in [5.74, 6) is -5.62. The van der Waals surface area contributed by atoms with Crippen molar-refractivity contribution in [2.45, 2.75) is 108 Å². The predicted octanol–water partition coefficient (Wildman–Crippen LogP) is 2.64. The third kappa shape index (κ3) is 7.54. The van der Waals surface area contributed by atoms with E-state index in [-0.39, 0.29) is 53.6 Å². The van der Waals surface area contributed by atoms with Crippen LogP contribution in [-0.2, 0) is 54.1 Å². The van der Waals surface area contributed by atoms with Crippen molar-refractivity contribution in [2.24, 2.45) is 0 Å². The highest BCUT2D eigenvalue weighted by molar-refractivity contribution is 6.31. The summed E-state index contributed by atoms with van der Waals surface area (Å²) in [4.78, 5) is 81.9. The molecule has 0 spiro atoms. The third-order valence-corrected chi connectivity index (χ3v) is 10.8. The summed E-state index contributed by atoms with van der Waals surface area (Å²) >= 11 is 0. The average molecular weight is 782 g/mol. The first-order valence-corrected chi connectivity index (χ1v) is 18.6. The molecule has 6 atom stereocenters. The third-order valence-electron chi connectivity index (χ3n) is 10.8. The van der Waals surface area contributed by atoms with E-state index in [9.17, 15) is 44.1 Å². The van der Waals surface area contributed by atoms with Crippen LogP contribution >= 0.6 is 0 Å². The first-order chi connectivity index (χ1) is 26.8. The van der Waals surface area contributed by atoms with Crippen LogP contribution in [0.15, 0.2) is 18.2 Å². The highest BCUT2D eigenvalue weighted by Crippen LogP contribution is 2.52. The maximum absolute atomic E-state index is 13.9. The average Bonchev–Trinajstić information content (AvgIpc) is 3.49. The van der Waals surface area contributed by atoms with Gasteiger partial charge in [0.05, 0.1) is 48.7 Å². The fraction of sp³-hybridized carbons (Fsp3) is 0.538. The summed E-state index contributed by atoms with van der Waals surface area (Å²) in [5, 5.41) is 36.0. The number of carbonyl (C=O) groups is 6. The Kier molecular flexibility index (Phi) is 11.3. The van der Waals surface area contributed by atoms with Gasteiger partial charge in [-0.05, 0) is 51.5 Å². The molecule has 3 aliphatic heterocycles. The van der Waals surface area contributed by atoms with Crippen molar-refractivity contribution in [2.75, 3.05) is 26.9 Å². The van der Waals surface area contributed by atoms with Crippen LogP contribution in [0.2, 0.25) is 0 Å². The molecule has 17 nitrogen and oxygen atoms in total. The number of nitrogens with zero attached hydrogens (tertiary/aromatic N) is 1. The molecule has 56 heavy (non-hydrogen) atoms. The molecule has 3 N–H and O–H groups in total. The van der Waals surface area contributed by atoms with Gasteiger partial charge < -0.3 is 48.6 Å². The smallest absolute Gasteiger partial charge is 0.358 e. The van der Waals surface area contributed by atoms with E-state index in [0.29, 0.717) is 30.7 Å². The van der Waals surface area contributed by atoms with Crippen LogP contribution < -0.4 is 4.74 Å². The van der Waals surface area contributed by atoms with Crippen molar-refractivity contribution >= 4 is 35.1 Å². The molecule has 0 aromatic heterocycles. The number of fused-ring (bicyclic) bond motifs is 3. The second kappa shape index (κ2) is 16.0. The van der Waals surface area contributed by atoms with Crippen molar-refractivity contribution in [3.8, 4) is 17.2 Å². The Labute approximate surface area is 320 Å². The minimum absolute atomic E-state index is 0.0383. The Balaban J connectivity index is 1.07. The molecule has 0 bridgehead atoms. The quantitative estimate of drug-likeness (QED) is 0.177. The zero-order valence-corrected chi connectivity index (χ0v) is 30.9. The number of ether oxygens (including phenoxy) is 6. The van der Waals surface area contributed by atoms with Gasteiger partial charge in [0.15, 0.2) is 24.1 Å². The second-order valence-electron chi connectivity index (χ2n) is 14.6. The maximum Gasteiger partial charge on any atom is 0.358 e. The molecule has 2 aromatic rings. The van der Waals surface area contributed by atoms with E-state index in [4.69, 9.17) is 33.3 Å². The van der Waals surface area contributed by atoms with Crippen LogP contribution in [0.3, 0.4) is 0 Å². The molecule has 17 heteroatoms. The molecule has 2 aliphatic carbocycles. The Morgan fingerprint density at radius 2 is 1.61 bits per heavy atom. The van der Waals surface area contributed by atoms with Gasteiger partial charge in [-0.25, -0.2) is 4.79 Å². The van der Waals surface area contributed by atoms with Gasteiger partial charge in [0.25, 0.3) is 11.8 Å². The van der Waals surface area contributed by atoms with Gasteiger partial charge in [-0.3, -0.25) is 24.0 Å². The molecule has 2 amide bonds. The van der Waals surface area contributed by atoms with Gasteiger partial charge in [-0.1, -0.05) is 12.1 Å². The molecular weight excluding hydrogens is 738 g/mol. The summed E-state index contributed by atoms with van der Waals surface area (Å²) in [6.07, 6.45) is -1.12. The van der Waals surface area contributed by atoms with Gasteiger partial charge in [0.1, 0.15) is 36.1 Å². The summed E-state index contributed by atoms with van der Waals surface area (Å²) in [5.41, 5.74) is -3.41. The SMILES string of the molecule is COc1cccc2c1C(=O)c1c(O)c3c(c(O)c1C2=O)C[C@@](O)(C(=O)COC1CCCC(COCC(=O)ON2C(=O)CCC2=O)O1)C[C@@H]3O[C@H]1CCC[C@H](C)O1. The molecule has 3 saturated heterocycles. The van der Waals surface area contributed by atoms with Gasteiger partial charge >= 0.3 is 5.97 Å². The zero-order chi connectivity index (χ0) is 39.9. The number of aliphatic hydroxyl groups is 1. The van der Waals surface area contributed by atoms with E-state index in [1.54, 1.807) is 0 Å². The normalized spacial score (nSPS) is 27.4. The first-order valence-electron chi connectivity index (χ1n) is 18.6. The molecule has 3 heterocycles. The van der Waals surface area contributed by atoms with E-state index in [1.165, 1.54) is 25.3 Å². The van der Waals surface area contributed by atoms with Gasteiger partial charge in [0, 0.05) is 42.4 Å². The maximum atomic E-state index is 13.9. The van der Waals surface area contributed by atoms with E-state index >= 15 is 0 Å². The lowest BCUT2D eigenvalue weighted by molar-refractivity contribution is -0.225. The molecule has 300 valence electrons. The number of phenols is 2. The minimum Gasteiger partial charge on any atom is -0.507 e. The molecule has 0 radical (unpaired) electrons. The lowest BCUT2D eigenvalue weighted by atomic mass is 9.72. The number of methoxy groups -OCH3 is 1. The topological polar surface area (TPSA) is 231 Å². The molecular formula is C39H43NO16. The number of phenolic OH excluding ortho intramolecular Hbond substituents is 2. The van der Waals surface area contributed by atoms with Crippen LogP contribution in [0.4, 0.5) is 0 Å². The number of hydroxylamine groups is 2. The second-order valence-corrected chi connectivity index (χ2v) is 14.6. The van der Waals surface area contributed by atoms with E-state index in [0.717, 1.165) is 12.8 Å². The van der Waals surface area contributed by atoms with Crippen LogP contribution in [0, 0.1) is 0 Å². The summed E-state index contributed by atoms with van der Waals surface area (Å²) in [7, 11) is 1.34. The number of carbonyl (C=O) groups excluding carboxylic acids is 6. The van der Waals surface area contributed by atoms with E-state index in [2.05, 4.69) is 0 Å². The van der Waals surface area contributed by atoms with Gasteiger partial charge in [-0.2, -0.15) is 0 Å². The van der Waals surface area contributed by atoms with Gasteiger partial charge in [0.2, 0.25) is 5.78 Å². The van der Waals surface area contributed by atoms with Crippen molar-refractivity contribution in [1.29, 1.82) is 0 Å². The van der Waals surface area contributed by atoms with Crippen LogP contribution in [0.5, 0.6) is 17.2 Å². The fourth-order valence-electron chi connectivity index (χ4n) is 7.97. The Hall–Kier alpha value is -4.78. The number of rotatable bonds is 12. The summed E-state index contributed by atoms with van der Waals surface area (Å²) < 4.78 is 34.7. The van der Waals surface area contributed by atoms with Crippen molar-refractivity contribution < 1.29 is 77.3 Å². The number of benzene rings is 2. The zero-order valence-electron chi connectivity index (χ0n) is 30.9. The Morgan fingerprint density at radius 1 is 0.893 bits per heavy atom. The largest absolute Gasteiger partial charge is 0.507 e. The van der Waals surface area contributed by atoms with Crippen molar-refractivity contribution in [3.05, 3.63) is 51.6 Å². The van der Waals surface area contributed by atoms with E-state index < -0.39 is 114 Å². The van der Waals surface area contributed by atoms with Crippen molar-refractivity contribution in [3.63, 3.8) is 0 Å². The number of Topliss-reactive ketones (excluding diaryl/α,β-unsaturated/α-hetero) is 1. The predicted molar refractivity (Wildman–Crippen MR) is 186 cm³/mol. The van der Waals surface area contributed by atoms with Crippen LogP contribution in [-0.4, -0.2) is 113 Å². The minimum atomic E-state index is -2.23. The molecule has 3 fully saturated rings. The van der Waals surface area contributed by atoms with Crippen molar-refractivity contribution in [1.82, 2.24) is 5.06 Å². The van der Waals surface area contributed by atoms with Gasteiger partial charge in [-0.15, -0.1) is 5.06 Å². The summed E-state index contributed by atoms with van der Waals surface area (Å²) in [6, 6.07) is 4.42. The lowest BCUT2D eigenvalue weighted by Crippen LogP contribution is -2.49. The highest BCUT2D eigenvalue weighted by atomic mass is 16.7. The first kappa shape index (κ1) is 39.5. The number of ketones is 3. The molecule has 2 unspecified atom stereocenters. The monoisotopic (exact) mass is 781 g/mol. The van der Waals surface area contributed by atoms with Crippen LogP contribution in [0.1, 0.15) is 114 Å². The Bertz CT molecular complexity index is 1940. The number of amides is 2. The Morgan fingerprint density at radius 3 is 2.34 bits per heavy atom. The molecule has 0 saturated carbocycles. The number of aromatic hydroxyl groups is 2. The highest BCUT2D eigenvalue weighted by Gasteiger charge is 2.50. The lowest BCUT2D eigenvalue weighted by Gasteiger charge is -2.41. The number of imide groups is 1. The van der Waals surface area contributed by atoms with Crippen LogP contribution in [0.25, 0.3) is 0 Å². The summed E-state index contributed by atoms with van der Waals surface area (Å²) in [6.45, 7) is 0.643. The molecule has 2 aromatic carbocycles. The fourth-order valence-corrected chi connectivity index (χ4v) is 7.97. The molecule has 5 aliphatic rings. The van der Waals surface area contributed by atoms with E-state index in [1.807, 2.05) is 6.92 Å². The standard InChI is InChI=1S/C39H43NO16/c1-19-6-3-11-30(53-19)55-24-15-39(49,14-22-32(24)38(48)34-33(36(22)46)35(45)21-8-5-9-23(50-2)31(21)37(34)47)25(41)17-52-29-10-4-7-20(54-29)16-51-18-28(44)56-40-26(42)12-13-27(40)43/h5,8-9,19-20,24,29-30,46,48-49H,3-4,6-7,10-18H2,1-2H3/t19-,20?,24-,29?,30-,39-/m0/s1.